The van der Waals surface area contributed by atoms with Crippen molar-refractivity contribution in [3.63, 3.8) is 0 Å². The Morgan fingerprint density at radius 1 is 1.53 bits per heavy atom. The van der Waals surface area contributed by atoms with Crippen LogP contribution in [-0.4, -0.2) is 36.5 Å². The third kappa shape index (κ3) is 4.07. The fourth-order valence-electron chi connectivity index (χ4n) is 2.06. The Hall–Kier alpha value is -0.980. The van der Waals surface area contributed by atoms with Gasteiger partial charge >= 0.3 is 12.2 Å². The zero-order valence-corrected chi connectivity index (χ0v) is 9.60. The first kappa shape index (κ1) is 14.1. The highest BCUT2D eigenvalue weighted by Gasteiger charge is 2.39. The Balaban J connectivity index is 2.41. The fourth-order valence-corrected chi connectivity index (χ4v) is 2.06. The number of halogens is 3. The molecule has 1 saturated carbocycles. The summed E-state index contributed by atoms with van der Waals surface area (Å²) in [6.07, 6.45) is -2.13. The van der Waals surface area contributed by atoms with E-state index in [1.165, 1.54) is 0 Å². The predicted octanol–water partition coefficient (Wildman–Crippen LogP) is 1.40. The van der Waals surface area contributed by atoms with E-state index in [0.29, 0.717) is 6.42 Å². The lowest BCUT2D eigenvalue weighted by Crippen LogP contribution is -2.50. The molecule has 0 heterocycles. The van der Waals surface area contributed by atoms with Gasteiger partial charge in [-0.25, -0.2) is 4.79 Å². The van der Waals surface area contributed by atoms with Crippen LogP contribution in [0.1, 0.15) is 26.2 Å². The van der Waals surface area contributed by atoms with Crippen molar-refractivity contribution in [2.75, 3.05) is 13.2 Å². The number of aliphatic hydroxyl groups is 1. The first-order valence-corrected chi connectivity index (χ1v) is 5.49. The highest BCUT2D eigenvalue weighted by Crippen LogP contribution is 2.37. The maximum Gasteiger partial charge on any atom is 0.405 e. The van der Waals surface area contributed by atoms with E-state index in [1.807, 2.05) is 6.92 Å². The van der Waals surface area contributed by atoms with E-state index in [4.69, 9.17) is 0 Å². The topological polar surface area (TPSA) is 61.4 Å². The molecule has 0 aliphatic heterocycles. The number of aliphatic hydroxyl groups excluding tert-OH is 1. The molecule has 17 heavy (non-hydrogen) atoms. The van der Waals surface area contributed by atoms with Crippen molar-refractivity contribution in [2.24, 2.45) is 5.41 Å². The zero-order chi connectivity index (χ0) is 13.1. The third-order valence-electron chi connectivity index (χ3n) is 3.20. The van der Waals surface area contributed by atoms with Gasteiger partial charge in [-0.3, -0.25) is 0 Å². The Morgan fingerprint density at radius 2 is 2.18 bits per heavy atom. The molecule has 7 heteroatoms. The van der Waals surface area contributed by atoms with E-state index < -0.39 is 24.2 Å². The summed E-state index contributed by atoms with van der Waals surface area (Å²) in [6.45, 7) is 0.382. The van der Waals surface area contributed by atoms with Gasteiger partial charge in [0.05, 0.1) is 6.61 Å². The summed E-state index contributed by atoms with van der Waals surface area (Å²) in [6, 6.07) is -1.12. The van der Waals surface area contributed by atoms with Gasteiger partial charge in [-0.2, -0.15) is 13.2 Å². The van der Waals surface area contributed by atoms with Gasteiger partial charge in [0.2, 0.25) is 0 Å². The predicted molar refractivity (Wildman–Crippen MR) is 55.4 cm³/mol. The van der Waals surface area contributed by atoms with Crippen LogP contribution in [0.5, 0.6) is 0 Å². The van der Waals surface area contributed by atoms with Crippen LogP contribution in [0.3, 0.4) is 0 Å². The van der Waals surface area contributed by atoms with Crippen LogP contribution >= 0.6 is 0 Å². The van der Waals surface area contributed by atoms with Gasteiger partial charge in [-0.05, 0) is 12.8 Å². The molecule has 0 bridgehead atoms. The maximum absolute atomic E-state index is 11.9. The summed E-state index contributed by atoms with van der Waals surface area (Å²) in [5.74, 6) is 0. The Kier molecular flexibility index (Phi) is 4.24. The van der Waals surface area contributed by atoms with E-state index in [9.17, 15) is 23.1 Å². The SMILES string of the molecule is CC1(CO)CCCC1NC(=O)NCC(F)(F)F. The minimum atomic E-state index is -4.41. The molecule has 2 amide bonds. The van der Waals surface area contributed by atoms with Crippen molar-refractivity contribution in [2.45, 2.75) is 38.4 Å². The lowest BCUT2D eigenvalue weighted by molar-refractivity contribution is -0.122. The van der Waals surface area contributed by atoms with E-state index >= 15 is 0 Å². The molecular formula is C10H17F3N2O2. The molecule has 0 aromatic heterocycles. The number of amides is 2. The van der Waals surface area contributed by atoms with Crippen molar-refractivity contribution in [3.8, 4) is 0 Å². The zero-order valence-electron chi connectivity index (χ0n) is 9.60. The normalized spacial score (nSPS) is 29.1. The van der Waals surface area contributed by atoms with Crippen LogP contribution < -0.4 is 10.6 Å². The van der Waals surface area contributed by atoms with Crippen LogP contribution in [0.15, 0.2) is 0 Å². The molecule has 1 aliphatic rings. The minimum absolute atomic E-state index is 0.0861. The van der Waals surface area contributed by atoms with Crippen molar-refractivity contribution in [1.82, 2.24) is 10.6 Å². The quantitative estimate of drug-likeness (QED) is 0.713. The second-order valence-electron chi connectivity index (χ2n) is 4.70. The van der Waals surface area contributed by atoms with Gasteiger partial charge in [0.1, 0.15) is 6.54 Å². The molecule has 3 N–H and O–H groups in total. The van der Waals surface area contributed by atoms with Crippen molar-refractivity contribution in [3.05, 3.63) is 0 Å². The van der Waals surface area contributed by atoms with Crippen LogP contribution in [0.4, 0.5) is 18.0 Å². The van der Waals surface area contributed by atoms with Gasteiger partial charge < -0.3 is 15.7 Å². The van der Waals surface area contributed by atoms with E-state index in [1.54, 1.807) is 5.32 Å². The molecule has 0 aromatic rings. The molecule has 2 atom stereocenters. The Labute approximate surface area is 97.6 Å². The number of carbonyl (C=O) groups excluding carboxylic acids is 1. The number of carbonyl (C=O) groups is 1. The lowest BCUT2D eigenvalue weighted by atomic mass is 9.86. The summed E-state index contributed by atoms with van der Waals surface area (Å²) in [7, 11) is 0. The number of nitrogens with one attached hydrogen (secondary N) is 2. The minimum Gasteiger partial charge on any atom is -0.396 e. The third-order valence-corrected chi connectivity index (χ3v) is 3.20. The van der Waals surface area contributed by atoms with Crippen LogP contribution in [-0.2, 0) is 0 Å². The van der Waals surface area contributed by atoms with E-state index in [-0.39, 0.29) is 12.6 Å². The van der Waals surface area contributed by atoms with Crippen molar-refractivity contribution < 1.29 is 23.1 Å². The number of hydrogen-bond donors (Lipinski definition) is 3. The van der Waals surface area contributed by atoms with E-state index in [2.05, 4.69) is 5.32 Å². The van der Waals surface area contributed by atoms with Gasteiger partial charge in [-0.15, -0.1) is 0 Å². The second kappa shape index (κ2) is 5.12. The first-order chi connectivity index (χ1) is 7.77. The highest BCUT2D eigenvalue weighted by atomic mass is 19.4. The monoisotopic (exact) mass is 254 g/mol. The first-order valence-electron chi connectivity index (χ1n) is 5.49. The highest BCUT2D eigenvalue weighted by molar-refractivity contribution is 5.74. The van der Waals surface area contributed by atoms with Crippen molar-refractivity contribution in [1.29, 1.82) is 0 Å². The Morgan fingerprint density at radius 3 is 2.71 bits per heavy atom. The molecule has 1 rings (SSSR count). The molecule has 2 unspecified atom stereocenters. The average molecular weight is 254 g/mol. The molecule has 4 nitrogen and oxygen atoms in total. The van der Waals surface area contributed by atoms with Crippen LogP contribution in [0.25, 0.3) is 0 Å². The van der Waals surface area contributed by atoms with Gasteiger partial charge in [0.25, 0.3) is 0 Å². The number of hydrogen-bond acceptors (Lipinski definition) is 2. The summed E-state index contributed by atoms with van der Waals surface area (Å²) >= 11 is 0. The standard InChI is InChI=1S/C10H17F3N2O2/c1-9(6-16)4-2-3-7(9)15-8(17)14-5-10(11,12)13/h7,16H,2-6H2,1H3,(H2,14,15,17). The fraction of sp³-hybridized carbons (Fsp3) is 0.900. The Bertz CT molecular complexity index is 283. The van der Waals surface area contributed by atoms with Crippen LogP contribution in [0.2, 0.25) is 0 Å². The average Bonchev–Trinajstić information content (AvgIpc) is 2.57. The number of rotatable bonds is 3. The lowest BCUT2D eigenvalue weighted by Gasteiger charge is -2.30. The molecular weight excluding hydrogens is 237 g/mol. The van der Waals surface area contributed by atoms with E-state index in [0.717, 1.165) is 12.8 Å². The second-order valence-corrected chi connectivity index (χ2v) is 4.70. The van der Waals surface area contributed by atoms with Gasteiger partial charge in [0, 0.05) is 11.5 Å². The summed E-state index contributed by atoms with van der Waals surface area (Å²) in [5, 5.41) is 13.5. The summed E-state index contributed by atoms with van der Waals surface area (Å²) < 4.78 is 35.6. The summed E-state index contributed by atoms with van der Waals surface area (Å²) in [5.41, 5.74) is -0.435. The summed E-state index contributed by atoms with van der Waals surface area (Å²) in [4.78, 5) is 11.2. The molecule has 0 saturated heterocycles. The smallest absolute Gasteiger partial charge is 0.396 e. The molecule has 0 aromatic carbocycles. The number of urea groups is 1. The molecule has 100 valence electrons. The number of alkyl halides is 3. The largest absolute Gasteiger partial charge is 0.405 e. The van der Waals surface area contributed by atoms with Gasteiger partial charge in [0.15, 0.2) is 0 Å². The molecule has 0 spiro atoms. The molecule has 1 fully saturated rings. The van der Waals surface area contributed by atoms with Gasteiger partial charge in [-0.1, -0.05) is 13.3 Å². The molecule has 1 aliphatic carbocycles. The maximum atomic E-state index is 11.9. The molecule has 0 radical (unpaired) electrons. The van der Waals surface area contributed by atoms with Crippen molar-refractivity contribution >= 4 is 6.03 Å². The van der Waals surface area contributed by atoms with Crippen LogP contribution in [0, 0.1) is 5.41 Å².